The van der Waals surface area contributed by atoms with E-state index < -0.39 is 36.4 Å². The van der Waals surface area contributed by atoms with Crippen LogP contribution in [0.2, 0.25) is 0 Å². The quantitative estimate of drug-likeness (QED) is 0.822. The van der Waals surface area contributed by atoms with Crippen molar-refractivity contribution in [2.75, 3.05) is 19.6 Å². The smallest absolute Gasteiger partial charge is 0.393 e. The fraction of sp³-hybridized carbons (Fsp3) is 0.500. The van der Waals surface area contributed by atoms with E-state index in [4.69, 9.17) is 5.11 Å². The van der Waals surface area contributed by atoms with E-state index in [1.54, 1.807) is 0 Å². The van der Waals surface area contributed by atoms with Crippen LogP contribution in [0.1, 0.15) is 11.1 Å². The number of carbonyl (C=O) groups is 2. The van der Waals surface area contributed by atoms with Crippen molar-refractivity contribution in [3.05, 3.63) is 35.4 Å². The molecule has 1 aliphatic heterocycles. The molecule has 0 spiro atoms. The van der Waals surface area contributed by atoms with Gasteiger partial charge in [-0.15, -0.1) is 12.4 Å². The van der Waals surface area contributed by atoms with Crippen molar-refractivity contribution >= 4 is 24.3 Å². The van der Waals surface area contributed by atoms with Crippen molar-refractivity contribution in [3.63, 3.8) is 0 Å². The van der Waals surface area contributed by atoms with Crippen LogP contribution in [0.15, 0.2) is 24.3 Å². The van der Waals surface area contributed by atoms with E-state index in [1.807, 2.05) is 31.2 Å². The first-order valence-corrected chi connectivity index (χ1v) is 7.51. The molecule has 2 rings (SSSR count). The molecule has 1 saturated heterocycles. The highest BCUT2D eigenvalue weighted by Gasteiger charge is 2.52. The van der Waals surface area contributed by atoms with Crippen molar-refractivity contribution in [3.8, 4) is 0 Å². The fourth-order valence-electron chi connectivity index (χ4n) is 2.76. The molecular weight excluding hydrogens is 361 g/mol. The number of carboxylic acids is 1. The molecule has 25 heavy (non-hydrogen) atoms. The number of nitrogens with zero attached hydrogens (tertiary/aromatic N) is 1. The average molecular weight is 381 g/mol. The molecule has 0 unspecified atom stereocenters. The van der Waals surface area contributed by atoms with E-state index in [0.29, 0.717) is 0 Å². The number of aliphatic carboxylic acids is 1. The Bertz CT molecular complexity index is 608. The Hall–Kier alpha value is -1.80. The van der Waals surface area contributed by atoms with Crippen molar-refractivity contribution in [2.45, 2.75) is 19.6 Å². The molecule has 1 aromatic carbocycles. The van der Waals surface area contributed by atoms with Gasteiger partial charge in [0.15, 0.2) is 0 Å². The van der Waals surface area contributed by atoms with E-state index in [9.17, 15) is 22.8 Å². The molecule has 140 valence electrons. The molecule has 1 heterocycles. The van der Waals surface area contributed by atoms with Crippen LogP contribution in [0.3, 0.4) is 0 Å². The maximum Gasteiger partial charge on any atom is 0.393 e. The van der Waals surface area contributed by atoms with Crippen LogP contribution in [-0.2, 0) is 16.1 Å². The first kappa shape index (κ1) is 21.2. The molecule has 1 aromatic rings. The number of nitrogens with one attached hydrogen (secondary N) is 1. The van der Waals surface area contributed by atoms with Crippen LogP contribution < -0.4 is 5.32 Å². The van der Waals surface area contributed by atoms with E-state index >= 15 is 0 Å². The molecule has 0 bridgehead atoms. The zero-order chi connectivity index (χ0) is 17.9. The third kappa shape index (κ3) is 5.89. The first-order valence-electron chi connectivity index (χ1n) is 7.51. The molecule has 1 amide bonds. The summed E-state index contributed by atoms with van der Waals surface area (Å²) in [5, 5.41) is 11.6. The summed E-state index contributed by atoms with van der Waals surface area (Å²) in [5.74, 6) is -5.39. The molecule has 0 aliphatic carbocycles. The summed E-state index contributed by atoms with van der Waals surface area (Å²) in [6.07, 6.45) is -4.59. The van der Waals surface area contributed by atoms with Gasteiger partial charge in [-0.05, 0) is 12.5 Å². The highest BCUT2D eigenvalue weighted by molar-refractivity contribution is 5.85. The van der Waals surface area contributed by atoms with Gasteiger partial charge < -0.3 is 10.4 Å². The van der Waals surface area contributed by atoms with Crippen LogP contribution in [0.25, 0.3) is 0 Å². The Morgan fingerprint density at radius 2 is 1.84 bits per heavy atom. The Morgan fingerprint density at radius 3 is 2.32 bits per heavy atom. The number of benzene rings is 1. The van der Waals surface area contributed by atoms with E-state index in [1.165, 1.54) is 4.90 Å². The minimum atomic E-state index is -4.59. The largest absolute Gasteiger partial charge is 0.481 e. The number of carbonyl (C=O) groups excluding carboxylic acids is 1. The minimum absolute atomic E-state index is 0. The predicted octanol–water partition coefficient (Wildman–Crippen LogP) is 2.23. The van der Waals surface area contributed by atoms with Gasteiger partial charge in [0, 0.05) is 19.6 Å². The van der Waals surface area contributed by atoms with Crippen molar-refractivity contribution in [1.29, 1.82) is 0 Å². The third-order valence-corrected chi connectivity index (χ3v) is 4.11. The lowest BCUT2D eigenvalue weighted by molar-refractivity contribution is -0.188. The number of amides is 1. The second kappa shape index (κ2) is 8.53. The Morgan fingerprint density at radius 1 is 1.24 bits per heavy atom. The predicted molar refractivity (Wildman–Crippen MR) is 87.4 cm³/mol. The number of aryl methyl sites for hydroxylation is 1. The second-order valence-corrected chi connectivity index (χ2v) is 6.05. The molecular formula is C16H20ClF3N2O3. The first-order chi connectivity index (χ1) is 11.2. The Labute approximate surface area is 149 Å². The number of alkyl halides is 3. The van der Waals surface area contributed by atoms with Gasteiger partial charge in [0.2, 0.25) is 5.91 Å². The topological polar surface area (TPSA) is 69.6 Å². The summed E-state index contributed by atoms with van der Waals surface area (Å²) in [6, 6.07) is 7.50. The summed E-state index contributed by atoms with van der Waals surface area (Å²) in [5.41, 5.74) is 1.96. The van der Waals surface area contributed by atoms with Crippen LogP contribution in [0.4, 0.5) is 13.2 Å². The molecule has 1 aliphatic rings. The molecule has 0 aromatic heterocycles. The molecule has 2 atom stereocenters. The van der Waals surface area contributed by atoms with Crippen LogP contribution >= 0.6 is 12.4 Å². The van der Waals surface area contributed by atoms with Crippen LogP contribution in [0.5, 0.6) is 0 Å². The van der Waals surface area contributed by atoms with Crippen molar-refractivity contribution in [2.24, 2.45) is 11.8 Å². The average Bonchev–Trinajstić information content (AvgIpc) is 2.91. The summed E-state index contributed by atoms with van der Waals surface area (Å²) in [7, 11) is 0. The maximum absolute atomic E-state index is 12.9. The molecule has 5 nitrogen and oxygen atoms in total. The Kier molecular flexibility index (Phi) is 7.25. The standard InChI is InChI=1S/C16H19F3N2O3.ClH/c1-10-2-4-11(5-3-10)6-20-14(22)9-21-7-12(15(23)24)13(8-21)16(17,18)19;/h2-5,12-13H,6-9H2,1H3,(H,20,22)(H,23,24);1H/t12-,13-;/m1./s1. The summed E-state index contributed by atoms with van der Waals surface area (Å²) >= 11 is 0. The number of rotatable bonds is 5. The van der Waals surface area contributed by atoms with Crippen molar-refractivity contribution in [1.82, 2.24) is 10.2 Å². The highest BCUT2D eigenvalue weighted by Crippen LogP contribution is 2.37. The van der Waals surface area contributed by atoms with Gasteiger partial charge in [-0.25, -0.2) is 0 Å². The zero-order valence-corrected chi connectivity index (χ0v) is 14.4. The molecule has 0 saturated carbocycles. The number of likely N-dealkylation sites (tertiary alicyclic amines) is 1. The van der Waals surface area contributed by atoms with E-state index in [0.717, 1.165) is 11.1 Å². The number of carboxylic acid groups (broad SMARTS) is 1. The van der Waals surface area contributed by atoms with Gasteiger partial charge in [0.25, 0.3) is 0 Å². The Balaban J connectivity index is 0.00000312. The molecule has 2 N–H and O–H groups in total. The lowest BCUT2D eigenvalue weighted by Gasteiger charge is -2.18. The van der Waals surface area contributed by atoms with E-state index in [2.05, 4.69) is 5.32 Å². The van der Waals surface area contributed by atoms with Gasteiger partial charge in [-0.3, -0.25) is 14.5 Å². The van der Waals surface area contributed by atoms with E-state index in [-0.39, 0.29) is 32.0 Å². The van der Waals surface area contributed by atoms with Crippen molar-refractivity contribution < 1.29 is 27.9 Å². The van der Waals surface area contributed by atoms with Crippen LogP contribution in [0, 0.1) is 18.8 Å². The molecule has 9 heteroatoms. The van der Waals surface area contributed by atoms with Gasteiger partial charge in [0.05, 0.1) is 18.4 Å². The SMILES string of the molecule is Cc1ccc(CNC(=O)CN2C[C@@H](C(F)(F)F)[C@H](C(=O)O)C2)cc1.Cl. The molecule has 1 fully saturated rings. The second-order valence-electron chi connectivity index (χ2n) is 6.05. The zero-order valence-electron chi connectivity index (χ0n) is 13.5. The maximum atomic E-state index is 12.9. The summed E-state index contributed by atoms with van der Waals surface area (Å²) in [4.78, 5) is 24.1. The van der Waals surface area contributed by atoms with Gasteiger partial charge in [0.1, 0.15) is 0 Å². The highest BCUT2D eigenvalue weighted by atomic mass is 35.5. The number of hydrogen-bond acceptors (Lipinski definition) is 3. The number of hydrogen-bond donors (Lipinski definition) is 2. The third-order valence-electron chi connectivity index (χ3n) is 4.11. The number of halogens is 4. The van der Waals surface area contributed by atoms with Gasteiger partial charge in [-0.2, -0.15) is 13.2 Å². The minimum Gasteiger partial charge on any atom is -0.481 e. The van der Waals surface area contributed by atoms with Gasteiger partial charge >= 0.3 is 12.1 Å². The lowest BCUT2D eigenvalue weighted by atomic mass is 9.96. The van der Waals surface area contributed by atoms with Gasteiger partial charge in [-0.1, -0.05) is 29.8 Å². The normalized spacial score (nSPS) is 20.8. The molecule has 0 radical (unpaired) electrons. The fourth-order valence-corrected chi connectivity index (χ4v) is 2.76. The monoisotopic (exact) mass is 380 g/mol. The summed E-state index contributed by atoms with van der Waals surface area (Å²) in [6.45, 7) is 1.21. The van der Waals surface area contributed by atoms with Crippen LogP contribution in [-0.4, -0.2) is 47.7 Å². The summed E-state index contributed by atoms with van der Waals surface area (Å²) < 4.78 is 38.7. The lowest BCUT2D eigenvalue weighted by Crippen LogP contribution is -2.36.